The monoisotopic (exact) mass is 174 g/mol. The predicted octanol–water partition coefficient (Wildman–Crippen LogP) is -0.115. The average molecular weight is 175 g/mol. The first-order chi connectivity index (χ1) is 4.43. The summed E-state index contributed by atoms with van der Waals surface area (Å²) in [7, 11) is 0. The maximum Gasteiger partial charge on any atom is -1.00 e. The van der Waals surface area contributed by atoms with Gasteiger partial charge in [0.15, 0.2) is 0 Å². The maximum absolute atomic E-state index is 2.34. The Hall–Kier alpha value is 0.822. The average Bonchev–Trinajstić information content (AvgIpc) is 1.91. The summed E-state index contributed by atoms with van der Waals surface area (Å²) in [4.78, 5) is 0. The molecule has 0 unspecified atom stereocenters. The van der Waals surface area contributed by atoms with Crippen LogP contribution in [0.1, 0.15) is 39.0 Å². The van der Waals surface area contributed by atoms with Crippen molar-refractivity contribution in [3.8, 4) is 0 Å². The molecule has 0 bridgehead atoms. The van der Waals surface area contributed by atoms with E-state index in [4.69, 9.17) is 0 Å². The van der Waals surface area contributed by atoms with Crippen molar-refractivity contribution >= 4 is 15.2 Å². The second-order valence-electron chi connectivity index (χ2n) is 3.04. The van der Waals surface area contributed by atoms with E-state index < -0.39 is 0 Å². The van der Waals surface area contributed by atoms with Crippen molar-refractivity contribution in [2.45, 2.75) is 49.1 Å². The molecule has 2 heteroatoms. The summed E-state index contributed by atoms with van der Waals surface area (Å²) in [6, 6.07) is 0. The molecule has 1 fully saturated rings. The van der Waals surface area contributed by atoms with Crippen molar-refractivity contribution < 1.29 is 12.4 Å². The van der Waals surface area contributed by atoms with Crippen LogP contribution in [0.15, 0.2) is 0 Å². The summed E-state index contributed by atoms with van der Waals surface area (Å²) < 4.78 is 1.18. The fraction of sp³-hybridized carbons (Fsp3) is 1.00. The molecule has 0 radical (unpaired) electrons. The third-order valence-electron chi connectivity index (χ3n) is 2.22. The van der Waals surface area contributed by atoms with Gasteiger partial charge in [0.1, 0.15) is 0 Å². The predicted molar refractivity (Wildman–Crippen MR) is 43.1 cm³/mol. The standard InChI is InChI=1S/C6H11.C2H5.Al.ClH/c1-2-4-6-5-3-1;1-2;;/h1H,2-6H2;1H2,2H3;;1H/q;;+1;/p-1. The first-order valence-corrected chi connectivity index (χ1v) is 5.75. The molecular formula is C8H16AlCl. The molecule has 1 rings (SSSR count). The third-order valence-corrected chi connectivity index (χ3v) is 4.02. The summed E-state index contributed by atoms with van der Waals surface area (Å²) >= 11 is 0.820. The molecule has 0 aliphatic heterocycles. The van der Waals surface area contributed by atoms with Gasteiger partial charge in [-0.2, -0.15) is 0 Å². The number of rotatable bonds is 2. The molecule has 0 heterocycles. The Morgan fingerprint density at radius 1 is 1.20 bits per heavy atom. The van der Waals surface area contributed by atoms with E-state index >= 15 is 0 Å². The molecule has 0 aromatic rings. The molecule has 0 nitrogen and oxygen atoms in total. The normalized spacial score (nSPS) is 19.3. The molecule has 0 saturated heterocycles. The van der Waals surface area contributed by atoms with E-state index in [0.717, 1.165) is 15.2 Å². The van der Waals surface area contributed by atoms with Gasteiger partial charge in [0.25, 0.3) is 0 Å². The van der Waals surface area contributed by atoms with Crippen LogP contribution in [-0.2, 0) is 0 Å². The van der Waals surface area contributed by atoms with Gasteiger partial charge >= 0.3 is 64.3 Å². The molecule has 1 aliphatic rings. The summed E-state index contributed by atoms with van der Waals surface area (Å²) in [5.41, 5.74) is 0. The SMILES string of the molecule is C[CH2][Al+][CH]1CCCCC1.[Cl-]. The van der Waals surface area contributed by atoms with Gasteiger partial charge in [0.2, 0.25) is 0 Å². The van der Waals surface area contributed by atoms with Gasteiger partial charge in [0, 0.05) is 0 Å². The molecule has 0 aromatic carbocycles. The molecule has 0 spiro atoms. The minimum atomic E-state index is 0. The fourth-order valence-corrected chi connectivity index (χ4v) is 3.31. The van der Waals surface area contributed by atoms with Crippen LogP contribution >= 0.6 is 0 Å². The van der Waals surface area contributed by atoms with Gasteiger partial charge < -0.3 is 12.4 Å². The van der Waals surface area contributed by atoms with Crippen molar-refractivity contribution in [3.05, 3.63) is 0 Å². The summed E-state index contributed by atoms with van der Waals surface area (Å²) in [5, 5.41) is 1.48. The maximum atomic E-state index is 2.34. The van der Waals surface area contributed by atoms with Crippen molar-refractivity contribution in [1.82, 2.24) is 0 Å². The Bertz CT molecular complexity index is 66.9. The minimum absolute atomic E-state index is 0. The Labute approximate surface area is 76.9 Å². The van der Waals surface area contributed by atoms with Crippen LogP contribution in [0.25, 0.3) is 0 Å². The van der Waals surface area contributed by atoms with E-state index in [0.29, 0.717) is 0 Å². The van der Waals surface area contributed by atoms with Gasteiger partial charge in [-0.05, 0) is 0 Å². The van der Waals surface area contributed by atoms with Gasteiger partial charge in [-0.3, -0.25) is 0 Å². The second-order valence-corrected chi connectivity index (χ2v) is 5.27. The van der Waals surface area contributed by atoms with Crippen LogP contribution in [-0.4, -0.2) is 15.2 Å². The summed E-state index contributed by atoms with van der Waals surface area (Å²) in [5.74, 6) is 0. The topological polar surface area (TPSA) is 0 Å². The quantitative estimate of drug-likeness (QED) is 0.513. The van der Waals surface area contributed by atoms with E-state index in [1.807, 2.05) is 0 Å². The zero-order chi connectivity index (χ0) is 6.53. The minimum Gasteiger partial charge on any atom is -1.00 e. The zero-order valence-corrected chi connectivity index (χ0v) is 8.69. The third kappa shape index (κ3) is 3.86. The van der Waals surface area contributed by atoms with E-state index in [1.54, 1.807) is 12.8 Å². The van der Waals surface area contributed by atoms with Crippen LogP contribution in [0.2, 0.25) is 10.1 Å². The molecule has 58 valence electrons. The molecule has 0 amide bonds. The van der Waals surface area contributed by atoms with E-state index in [1.165, 1.54) is 29.3 Å². The van der Waals surface area contributed by atoms with Crippen LogP contribution < -0.4 is 12.4 Å². The van der Waals surface area contributed by atoms with Gasteiger partial charge in [-0.25, -0.2) is 0 Å². The van der Waals surface area contributed by atoms with E-state index in [-0.39, 0.29) is 12.4 Å². The van der Waals surface area contributed by atoms with Gasteiger partial charge in [0.05, 0.1) is 0 Å². The van der Waals surface area contributed by atoms with Crippen LogP contribution in [0, 0.1) is 0 Å². The molecule has 1 saturated carbocycles. The zero-order valence-electron chi connectivity index (χ0n) is 6.78. The smallest absolute Gasteiger partial charge is 1.00 e. The Morgan fingerprint density at radius 2 is 1.80 bits per heavy atom. The Kier molecular flexibility index (Phi) is 7.06. The molecule has 0 atom stereocenters. The molecule has 1 aliphatic carbocycles. The molecular weight excluding hydrogens is 159 g/mol. The Morgan fingerprint density at radius 3 is 2.30 bits per heavy atom. The summed E-state index contributed by atoms with van der Waals surface area (Å²) in [6.45, 7) is 2.34. The first kappa shape index (κ1) is 10.8. The molecule has 0 aromatic heterocycles. The summed E-state index contributed by atoms with van der Waals surface area (Å²) in [6.07, 6.45) is 7.68. The number of hydrogen-bond acceptors (Lipinski definition) is 0. The number of hydrogen-bond donors (Lipinski definition) is 0. The van der Waals surface area contributed by atoms with Gasteiger partial charge in [-0.15, -0.1) is 0 Å². The van der Waals surface area contributed by atoms with Crippen molar-refractivity contribution in [2.75, 3.05) is 0 Å². The number of halogens is 1. The van der Waals surface area contributed by atoms with Crippen LogP contribution in [0.5, 0.6) is 0 Å². The first-order valence-electron chi connectivity index (χ1n) is 4.27. The van der Waals surface area contributed by atoms with E-state index in [2.05, 4.69) is 6.92 Å². The fourth-order valence-electron chi connectivity index (χ4n) is 1.70. The molecule has 10 heavy (non-hydrogen) atoms. The van der Waals surface area contributed by atoms with Crippen molar-refractivity contribution in [3.63, 3.8) is 0 Å². The van der Waals surface area contributed by atoms with Crippen LogP contribution in [0.3, 0.4) is 0 Å². The molecule has 0 N–H and O–H groups in total. The second kappa shape index (κ2) is 6.53. The van der Waals surface area contributed by atoms with Gasteiger partial charge in [-0.1, -0.05) is 0 Å². The van der Waals surface area contributed by atoms with Crippen molar-refractivity contribution in [2.24, 2.45) is 0 Å². The van der Waals surface area contributed by atoms with Crippen molar-refractivity contribution in [1.29, 1.82) is 0 Å². The largest absolute Gasteiger partial charge is 1.00 e. The Balaban J connectivity index is 0.000000810. The van der Waals surface area contributed by atoms with E-state index in [9.17, 15) is 0 Å². The van der Waals surface area contributed by atoms with Crippen LogP contribution in [0.4, 0.5) is 0 Å².